The summed E-state index contributed by atoms with van der Waals surface area (Å²) in [5.41, 5.74) is 0. The fourth-order valence-electron chi connectivity index (χ4n) is 0.462. The van der Waals surface area contributed by atoms with Crippen LogP contribution in [0.3, 0.4) is 0 Å². The molecule has 0 saturated carbocycles. The third-order valence-corrected chi connectivity index (χ3v) is 2.18. The minimum absolute atomic E-state index is 0.199. The molecule has 0 amide bonds. The standard InChI is InChI=1S/C5H4AsNO2/c8-6(9)5-3-1-2-4-7-5/h1-4H. The van der Waals surface area contributed by atoms with Gasteiger partial charge in [0.25, 0.3) is 0 Å². The van der Waals surface area contributed by atoms with E-state index in [1.54, 1.807) is 12.1 Å². The Morgan fingerprint density at radius 2 is 2.11 bits per heavy atom. The van der Waals surface area contributed by atoms with Gasteiger partial charge in [-0.25, -0.2) is 0 Å². The Hall–Kier alpha value is -0.692. The normalized spacial score (nSPS) is 8.89. The van der Waals surface area contributed by atoms with E-state index in [0.29, 0.717) is 0 Å². The molecule has 0 fully saturated rings. The van der Waals surface area contributed by atoms with Crippen molar-refractivity contribution in [2.75, 3.05) is 0 Å². The van der Waals surface area contributed by atoms with Gasteiger partial charge in [-0.1, -0.05) is 0 Å². The summed E-state index contributed by atoms with van der Waals surface area (Å²) >= 11 is -3.20. The van der Waals surface area contributed by atoms with Crippen LogP contribution in [0.5, 0.6) is 0 Å². The number of pyridine rings is 1. The fourth-order valence-corrected chi connectivity index (χ4v) is 1.24. The van der Waals surface area contributed by atoms with Gasteiger partial charge in [0.1, 0.15) is 0 Å². The van der Waals surface area contributed by atoms with Gasteiger partial charge in [-0.2, -0.15) is 0 Å². The first-order chi connectivity index (χ1) is 4.30. The Morgan fingerprint density at radius 1 is 1.33 bits per heavy atom. The van der Waals surface area contributed by atoms with Gasteiger partial charge in [0.2, 0.25) is 0 Å². The zero-order chi connectivity index (χ0) is 6.69. The summed E-state index contributed by atoms with van der Waals surface area (Å²) < 4.78 is 20.7. The van der Waals surface area contributed by atoms with Crippen molar-refractivity contribution in [3.63, 3.8) is 0 Å². The van der Waals surface area contributed by atoms with Crippen molar-refractivity contribution >= 4 is 19.0 Å². The van der Waals surface area contributed by atoms with E-state index < -0.39 is 14.5 Å². The van der Waals surface area contributed by atoms with E-state index in [1.165, 1.54) is 12.3 Å². The van der Waals surface area contributed by atoms with Gasteiger partial charge < -0.3 is 0 Å². The van der Waals surface area contributed by atoms with Crippen molar-refractivity contribution in [2.24, 2.45) is 0 Å². The van der Waals surface area contributed by atoms with Crippen LogP contribution in [0.2, 0.25) is 0 Å². The monoisotopic (exact) mass is 185 g/mol. The first-order valence-corrected chi connectivity index (χ1v) is 4.83. The van der Waals surface area contributed by atoms with Gasteiger partial charge >= 0.3 is 55.9 Å². The molecule has 0 aliphatic heterocycles. The Kier molecular flexibility index (Phi) is 1.96. The first kappa shape index (κ1) is 6.43. The quantitative estimate of drug-likeness (QED) is 0.561. The number of hydrogen-bond donors (Lipinski definition) is 0. The topological polar surface area (TPSA) is 47.0 Å². The average molecular weight is 185 g/mol. The van der Waals surface area contributed by atoms with Crippen molar-refractivity contribution in [3.05, 3.63) is 24.4 Å². The van der Waals surface area contributed by atoms with Crippen molar-refractivity contribution in [1.29, 1.82) is 0 Å². The SMILES string of the molecule is O=[As](=O)c1ccccn1. The second-order valence-electron chi connectivity index (χ2n) is 1.45. The molecule has 0 radical (unpaired) electrons. The summed E-state index contributed by atoms with van der Waals surface area (Å²) in [4.78, 5) is 3.62. The second kappa shape index (κ2) is 2.74. The molecule has 3 nitrogen and oxygen atoms in total. The van der Waals surface area contributed by atoms with Crippen molar-refractivity contribution < 1.29 is 7.48 Å². The van der Waals surface area contributed by atoms with Gasteiger partial charge in [-0.15, -0.1) is 0 Å². The van der Waals surface area contributed by atoms with E-state index in [0.717, 1.165) is 0 Å². The van der Waals surface area contributed by atoms with E-state index in [9.17, 15) is 7.48 Å². The molecule has 46 valence electrons. The van der Waals surface area contributed by atoms with Gasteiger partial charge in [0, 0.05) is 0 Å². The molecule has 0 aliphatic rings. The molecule has 1 aromatic rings. The molecule has 4 heteroatoms. The van der Waals surface area contributed by atoms with E-state index in [1.807, 2.05) is 0 Å². The summed E-state index contributed by atoms with van der Waals surface area (Å²) in [5, 5.41) is 0. The van der Waals surface area contributed by atoms with E-state index >= 15 is 0 Å². The molecule has 9 heavy (non-hydrogen) atoms. The molecule has 0 aromatic carbocycles. The third kappa shape index (κ3) is 1.61. The third-order valence-electron chi connectivity index (χ3n) is 0.836. The predicted molar refractivity (Wildman–Crippen MR) is 31.0 cm³/mol. The molecule has 0 atom stereocenters. The molecular weight excluding hydrogens is 181 g/mol. The van der Waals surface area contributed by atoms with Crippen LogP contribution >= 0.6 is 0 Å². The summed E-state index contributed by atoms with van der Waals surface area (Å²) in [5.74, 6) is 0. The summed E-state index contributed by atoms with van der Waals surface area (Å²) in [7, 11) is 0. The number of aromatic nitrogens is 1. The number of nitrogens with zero attached hydrogens (tertiary/aromatic N) is 1. The predicted octanol–water partition coefficient (Wildman–Crippen LogP) is -0.362. The molecule has 0 N–H and O–H groups in total. The molecule has 0 spiro atoms. The van der Waals surface area contributed by atoms with Crippen molar-refractivity contribution in [3.8, 4) is 0 Å². The Labute approximate surface area is 56.4 Å². The Bertz CT molecular complexity index is 247. The van der Waals surface area contributed by atoms with E-state index in [4.69, 9.17) is 0 Å². The van der Waals surface area contributed by atoms with Crippen LogP contribution in [0.4, 0.5) is 0 Å². The average Bonchev–Trinajstić information content (AvgIpc) is 1.90. The van der Waals surface area contributed by atoms with Crippen LogP contribution in [-0.2, 0) is 7.48 Å². The van der Waals surface area contributed by atoms with Crippen molar-refractivity contribution in [1.82, 2.24) is 4.98 Å². The Balaban J connectivity index is 3.13. The molecule has 1 heterocycles. The van der Waals surface area contributed by atoms with Gasteiger partial charge in [-0.05, 0) is 0 Å². The molecule has 0 saturated heterocycles. The molecule has 0 unspecified atom stereocenters. The van der Waals surface area contributed by atoms with Gasteiger partial charge in [-0.3, -0.25) is 0 Å². The molecule has 1 rings (SSSR count). The van der Waals surface area contributed by atoms with Gasteiger partial charge in [0.15, 0.2) is 0 Å². The minimum atomic E-state index is -3.20. The molecule has 0 bridgehead atoms. The summed E-state index contributed by atoms with van der Waals surface area (Å²) in [6, 6.07) is 4.82. The number of hydrogen-bond acceptors (Lipinski definition) is 3. The first-order valence-electron chi connectivity index (χ1n) is 2.36. The molecule has 1 aromatic heterocycles. The summed E-state index contributed by atoms with van der Waals surface area (Å²) in [6.45, 7) is 0. The van der Waals surface area contributed by atoms with Crippen LogP contribution in [0, 0.1) is 0 Å². The van der Waals surface area contributed by atoms with E-state index in [2.05, 4.69) is 4.98 Å². The zero-order valence-electron chi connectivity index (χ0n) is 4.52. The second-order valence-corrected chi connectivity index (χ2v) is 3.49. The van der Waals surface area contributed by atoms with Crippen LogP contribution in [-0.4, -0.2) is 19.5 Å². The molecule has 0 aliphatic carbocycles. The summed E-state index contributed by atoms with van der Waals surface area (Å²) in [6.07, 6.45) is 1.47. The van der Waals surface area contributed by atoms with Crippen LogP contribution in [0.1, 0.15) is 0 Å². The van der Waals surface area contributed by atoms with Crippen molar-refractivity contribution in [2.45, 2.75) is 0 Å². The fraction of sp³-hybridized carbons (Fsp3) is 0. The maximum absolute atomic E-state index is 10.3. The van der Waals surface area contributed by atoms with Crippen LogP contribution in [0.25, 0.3) is 0 Å². The maximum atomic E-state index is 10.3. The number of rotatable bonds is 1. The zero-order valence-corrected chi connectivity index (χ0v) is 6.40. The van der Waals surface area contributed by atoms with E-state index in [-0.39, 0.29) is 4.48 Å². The van der Waals surface area contributed by atoms with Gasteiger partial charge in [0.05, 0.1) is 0 Å². The Morgan fingerprint density at radius 3 is 2.44 bits per heavy atom. The van der Waals surface area contributed by atoms with Crippen LogP contribution < -0.4 is 4.48 Å². The molecular formula is C5H4AsNO2. The van der Waals surface area contributed by atoms with Crippen LogP contribution in [0.15, 0.2) is 24.4 Å².